The van der Waals surface area contributed by atoms with Gasteiger partial charge in [-0.3, -0.25) is 0 Å². The minimum atomic E-state index is -4.93. The molecule has 2 N–H and O–H groups in total. The highest BCUT2D eigenvalue weighted by Gasteiger charge is 2.40. The van der Waals surface area contributed by atoms with E-state index in [0.717, 1.165) is 19.2 Å². The van der Waals surface area contributed by atoms with Crippen LogP contribution < -0.4 is 0 Å². The molecule has 0 aliphatic heterocycles. The van der Waals surface area contributed by atoms with Crippen molar-refractivity contribution in [2.24, 2.45) is 0 Å². The summed E-state index contributed by atoms with van der Waals surface area (Å²) in [4.78, 5) is 21.2. The summed E-state index contributed by atoms with van der Waals surface area (Å²) in [5.74, 6) is -3.24. The normalized spacial score (nSPS) is 13.4. The van der Waals surface area contributed by atoms with Crippen LogP contribution in [-0.2, 0) is 11.0 Å². The van der Waals surface area contributed by atoms with Gasteiger partial charge in [0, 0.05) is 6.20 Å². The molecule has 1 aromatic rings. The zero-order valence-electron chi connectivity index (χ0n) is 8.52. The number of aromatic nitrogens is 1. The zero-order chi connectivity index (χ0) is 13.4. The van der Waals surface area contributed by atoms with E-state index in [1.807, 2.05) is 0 Å². The van der Waals surface area contributed by atoms with Crippen LogP contribution in [0.4, 0.5) is 13.2 Å². The molecule has 17 heavy (non-hydrogen) atoms. The summed E-state index contributed by atoms with van der Waals surface area (Å²) < 4.78 is 38.3. The summed E-state index contributed by atoms with van der Waals surface area (Å²) in [6, 6.07) is -0.773. The van der Waals surface area contributed by atoms with Crippen molar-refractivity contribution in [1.29, 1.82) is 0 Å². The summed E-state index contributed by atoms with van der Waals surface area (Å²) in [5.41, 5.74) is -2.44. The van der Waals surface area contributed by atoms with Crippen molar-refractivity contribution in [3.8, 4) is 0 Å². The van der Waals surface area contributed by atoms with Gasteiger partial charge in [-0.2, -0.15) is 13.2 Å². The molecular formula is C9H8F3NO4. The first kappa shape index (κ1) is 13.1. The highest BCUT2D eigenvalue weighted by molar-refractivity contribution is 5.89. The van der Waals surface area contributed by atoms with E-state index in [0.29, 0.717) is 4.57 Å². The molecule has 0 aliphatic rings. The number of hydrogen-bond donors (Lipinski definition) is 2. The summed E-state index contributed by atoms with van der Waals surface area (Å²) in [6.07, 6.45) is -4.13. The molecule has 0 aromatic carbocycles. The molecule has 1 atom stereocenters. The minimum Gasteiger partial charge on any atom is -0.480 e. The van der Waals surface area contributed by atoms with Crippen molar-refractivity contribution < 1.29 is 33.0 Å². The van der Waals surface area contributed by atoms with Crippen molar-refractivity contribution in [3.05, 3.63) is 23.5 Å². The second-order valence-corrected chi connectivity index (χ2v) is 3.30. The topological polar surface area (TPSA) is 79.5 Å². The smallest absolute Gasteiger partial charge is 0.432 e. The minimum absolute atomic E-state index is 0.381. The zero-order valence-corrected chi connectivity index (χ0v) is 8.52. The predicted octanol–water partition coefficient (Wildman–Crippen LogP) is 1.85. The Morgan fingerprint density at radius 3 is 2.24 bits per heavy atom. The molecule has 1 aromatic heterocycles. The Bertz CT molecular complexity index is 463. The first-order valence-corrected chi connectivity index (χ1v) is 4.40. The van der Waals surface area contributed by atoms with Crippen molar-refractivity contribution >= 4 is 11.9 Å². The van der Waals surface area contributed by atoms with Gasteiger partial charge in [0.05, 0.1) is 5.56 Å². The molecule has 1 unspecified atom stereocenters. The Labute approximate surface area is 93.1 Å². The monoisotopic (exact) mass is 251 g/mol. The van der Waals surface area contributed by atoms with Gasteiger partial charge in [0.25, 0.3) is 0 Å². The van der Waals surface area contributed by atoms with E-state index < -0.39 is 35.4 Å². The third kappa shape index (κ3) is 2.40. The molecule has 0 fully saturated rings. The summed E-state index contributed by atoms with van der Waals surface area (Å²) >= 11 is 0. The number of aromatic carboxylic acids is 1. The number of nitrogens with zero attached hydrogens (tertiary/aromatic N) is 1. The number of aliphatic carboxylic acids is 1. The van der Waals surface area contributed by atoms with Gasteiger partial charge < -0.3 is 14.8 Å². The maximum atomic E-state index is 12.6. The Hall–Kier alpha value is -1.99. The van der Waals surface area contributed by atoms with Crippen LogP contribution in [0.15, 0.2) is 12.3 Å². The summed E-state index contributed by atoms with van der Waals surface area (Å²) in [5, 5.41) is 17.2. The lowest BCUT2D eigenvalue weighted by atomic mass is 10.2. The van der Waals surface area contributed by atoms with E-state index in [4.69, 9.17) is 10.2 Å². The first-order valence-electron chi connectivity index (χ1n) is 4.40. The molecule has 0 spiro atoms. The van der Waals surface area contributed by atoms with E-state index in [1.165, 1.54) is 0 Å². The Morgan fingerprint density at radius 1 is 1.35 bits per heavy atom. The van der Waals surface area contributed by atoms with Gasteiger partial charge in [-0.1, -0.05) is 0 Å². The average Bonchev–Trinajstić information content (AvgIpc) is 2.59. The molecule has 5 nitrogen and oxygen atoms in total. The summed E-state index contributed by atoms with van der Waals surface area (Å²) in [6.45, 7) is 1.03. The van der Waals surface area contributed by atoms with Crippen LogP contribution in [0.3, 0.4) is 0 Å². The Balaban J connectivity index is 3.43. The van der Waals surface area contributed by atoms with Gasteiger partial charge in [-0.05, 0) is 13.0 Å². The molecule has 0 amide bonds. The number of carboxylic acid groups (broad SMARTS) is 2. The van der Waals surface area contributed by atoms with Gasteiger partial charge in [0.2, 0.25) is 0 Å². The Kier molecular flexibility index (Phi) is 3.16. The number of hydrogen-bond acceptors (Lipinski definition) is 2. The number of carboxylic acids is 2. The number of carbonyl (C=O) groups is 2. The standard InChI is InChI=1S/C9H8F3NO4/c1-4(7(14)15)13-3-2-5(8(16)17)6(13)9(10,11)12/h2-4H,1H3,(H,14,15)(H,16,17). The lowest BCUT2D eigenvalue weighted by molar-refractivity contribution is -0.148. The van der Waals surface area contributed by atoms with E-state index in [1.54, 1.807) is 0 Å². The highest BCUT2D eigenvalue weighted by atomic mass is 19.4. The number of halogens is 3. The van der Waals surface area contributed by atoms with Crippen molar-refractivity contribution in [1.82, 2.24) is 4.57 Å². The van der Waals surface area contributed by atoms with Crippen LogP contribution in [0.1, 0.15) is 29.0 Å². The molecule has 94 valence electrons. The maximum Gasteiger partial charge on any atom is 0.432 e. The fourth-order valence-corrected chi connectivity index (χ4v) is 1.36. The van der Waals surface area contributed by atoms with Gasteiger partial charge in [0.1, 0.15) is 11.7 Å². The van der Waals surface area contributed by atoms with Gasteiger partial charge in [0.15, 0.2) is 0 Å². The van der Waals surface area contributed by atoms with Crippen molar-refractivity contribution in [2.75, 3.05) is 0 Å². The fourth-order valence-electron chi connectivity index (χ4n) is 1.36. The quantitative estimate of drug-likeness (QED) is 0.859. The van der Waals surface area contributed by atoms with Gasteiger partial charge >= 0.3 is 18.1 Å². The van der Waals surface area contributed by atoms with Crippen LogP contribution in [0.5, 0.6) is 0 Å². The lowest BCUT2D eigenvalue weighted by Gasteiger charge is -2.16. The van der Waals surface area contributed by atoms with Gasteiger partial charge in [-0.15, -0.1) is 0 Å². The van der Waals surface area contributed by atoms with Crippen LogP contribution in [0.25, 0.3) is 0 Å². The van der Waals surface area contributed by atoms with E-state index >= 15 is 0 Å². The van der Waals surface area contributed by atoms with Crippen LogP contribution in [-0.4, -0.2) is 26.7 Å². The average molecular weight is 251 g/mol. The second kappa shape index (κ2) is 4.11. The Morgan fingerprint density at radius 2 is 1.88 bits per heavy atom. The molecule has 0 bridgehead atoms. The molecule has 0 saturated carbocycles. The fraction of sp³-hybridized carbons (Fsp3) is 0.333. The largest absolute Gasteiger partial charge is 0.480 e. The maximum absolute atomic E-state index is 12.6. The highest BCUT2D eigenvalue weighted by Crippen LogP contribution is 2.34. The SMILES string of the molecule is CC(C(=O)O)n1ccc(C(=O)O)c1C(F)(F)F. The number of rotatable bonds is 3. The van der Waals surface area contributed by atoms with Crippen LogP contribution in [0.2, 0.25) is 0 Å². The molecular weight excluding hydrogens is 243 g/mol. The van der Waals surface area contributed by atoms with Crippen molar-refractivity contribution in [2.45, 2.75) is 19.1 Å². The molecule has 0 aliphatic carbocycles. The third-order valence-corrected chi connectivity index (χ3v) is 2.19. The third-order valence-electron chi connectivity index (χ3n) is 2.19. The van der Waals surface area contributed by atoms with Crippen LogP contribution in [0, 0.1) is 0 Å². The molecule has 0 saturated heterocycles. The van der Waals surface area contributed by atoms with Gasteiger partial charge in [-0.25, -0.2) is 9.59 Å². The second-order valence-electron chi connectivity index (χ2n) is 3.30. The van der Waals surface area contributed by atoms with E-state index in [-0.39, 0.29) is 0 Å². The molecule has 1 rings (SSSR count). The summed E-state index contributed by atoms with van der Waals surface area (Å²) in [7, 11) is 0. The van der Waals surface area contributed by atoms with Crippen molar-refractivity contribution in [3.63, 3.8) is 0 Å². The molecule has 1 heterocycles. The lowest BCUT2D eigenvalue weighted by Crippen LogP contribution is -2.23. The molecule has 0 radical (unpaired) electrons. The first-order chi connectivity index (χ1) is 7.66. The van der Waals surface area contributed by atoms with Crippen LogP contribution >= 0.6 is 0 Å². The predicted molar refractivity (Wildman–Crippen MR) is 48.7 cm³/mol. The molecule has 8 heteroatoms. The van der Waals surface area contributed by atoms with E-state index in [2.05, 4.69) is 0 Å². The number of alkyl halides is 3. The van der Waals surface area contributed by atoms with E-state index in [9.17, 15) is 22.8 Å².